The Labute approximate surface area is 88.5 Å². The van der Waals surface area contributed by atoms with Crippen molar-refractivity contribution < 1.29 is 4.79 Å². The van der Waals surface area contributed by atoms with Crippen LogP contribution in [0.1, 0.15) is 19.0 Å². The summed E-state index contributed by atoms with van der Waals surface area (Å²) in [6.45, 7) is 2.72. The van der Waals surface area contributed by atoms with Crippen LogP contribution in [0, 0.1) is 0 Å². The Morgan fingerprint density at radius 2 is 2.36 bits per heavy atom. The molecular formula is C10H13ClN2O. The molecule has 1 amide bonds. The highest BCUT2D eigenvalue weighted by atomic mass is 35.5. The quantitative estimate of drug-likeness (QED) is 0.774. The lowest BCUT2D eigenvalue weighted by Crippen LogP contribution is -2.25. The summed E-state index contributed by atoms with van der Waals surface area (Å²) < 4.78 is 0. The first-order chi connectivity index (χ1) is 6.72. The standard InChI is InChI=1S/C10H13ClN2O/c1-2-6-12-10(14)7-8-4-3-5-9(11)13-8/h3-5H,2,6-7H2,1H3,(H,12,14). The molecule has 0 spiro atoms. The van der Waals surface area contributed by atoms with Gasteiger partial charge in [-0.05, 0) is 18.6 Å². The molecule has 1 N–H and O–H groups in total. The number of aromatic nitrogens is 1. The van der Waals surface area contributed by atoms with E-state index in [1.807, 2.05) is 6.92 Å². The molecule has 0 bridgehead atoms. The molecule has 0 atom stereocenters. The molecule has 1 aromatic rings. The summed E-state index contributed by atoms with van der Waals surface area (Å²) in [6.07, 6.45) is 1.23. The molecule has 1 rings (SSSR count). The van der Waals surface area contributed by atoms with Gasteiger partial charge in [0.05, 0.1) is 12.1 Å². The lowest BCUT2D eigenvalue weighted by atomic mass is 10.2. The molecule has 0 fully saturated rings. The second-order valence-electron chi connectivity index (χ2n) is 2.98. The highest BCUT2D eigenvalue weighted by Crippen LogP contribution is 2.05. The molecule has 0 radical (unpaired) electrons. The number of hydrogen-bond donors (Lipinski definition) is 1. The summed E-state index contributed by atoms with van der Waals surface area (Å²) in [4.78, 5) is 15.3. The Morgan fingerprint density at radius 3 is 3.00 bits per heavy atom. The van der Waals surface area contributed by atoms with E-state index in [0.717, 1.165) is 6.42 Å². The van der Waals surface area contributed by atoms with Gasteiger partial charge in [-0.2, -0.15) is 0 Å². The second-order valence-corrected chi connectivity index (χ2v) is 3.37. The normalized spacial score (nSPS) is 9.86. The van der Waals surface area contributed by atoms with Crippen LogP contribution in [-0.4, -0.2) is 17.4 Å². The zero-order valence-corrected chi connectivity index (χ0v) is 8.84. The maximum Gasteiger partial charge on any atom is 0.226 e. The van der Waals surface area contributed by atoms with E-state index in [1.54, 1.807) is 18.2 Å². The smallest absolute Gasteiger partial charge is 0.226 e. The maximum atomic E-state index is 11.3. The van der Waals surface area contributed by atoms with Crippen LogP contribution in [0.25, 0.3) is 0 Å². The van der Waals surface area contributed by atoms with Gasteiger partial charge in [-0.25, -0.2) is 4.98 Å². The molecule has 0 saturated carbocycles. The monoisotopic (exact) mass is 212 g/mol. The summed E-state index contributed by atoms with van der Waals surface area (Å²) >= 11 is 5.69. The molecule has 14 heavy (non-hydrogen) atoms. The Hall–Kier alpha value is -1.09. The molecular weight excluding hydrogens is 200 g/mol. The van der Waals surface area contributed by atoms with Crippen molar-refractivity contribution in [1.82, 2.24) is 10.3 Å². The van der Waals surface area contributed by atoms with Crippen molar-refractivity contribution in [2.24, 2.45) is 0 Å². The van der Waals surface area contributed by atoms with Crippen molar-refractivity contribution in [3.05, 3.63) is 29.0 Å². The SMILES string of the molecule is CCCNC(=O)Cc1cccc(Cl)n1. The lowest BCUT2D eigenvalue weighted by molar-refractivity contribution is -0.120. The van der Waals surface area contributed by atoms with Crippen LogP contribution in [0.3, 0.4) is 0 Å². The third kappa shape index (κ3) is 3.75. The predicted octanol–water partition coefficient (Wildman–Crippen LogP) is 1.80. The zero-order valence-electron chi connectivity index (χ0n) is 8.09. The van der Waals surface area contributed by atoms with Crippen LogP contribution < -0.4 is 5.32 Å². The van der Waals surface area contributed by atoms with Gasteiger partial charge in [0.2, 0.25) is 5.91 Å². The molecule has 4 heteroatoms. The third-order valence-electron chi connectivity index (χ3n) is 1.69. The highest BCUT2D eigenvalue weighted by molar-refractivity contribution is 6.29. The number of amides is 1. The molecule has 1 heterocycles. The maximum absolute atomic E-state index is 11.3. The van der Waals surface area contributed by atoms with Gasteiger partial charge in [-0.3, -0.25) is 4.79 Å². The summed E-state index contributed by atoms with van der Waals surface area (Å²) in [7, 11) is 0. The van der Waals surface area contributed by atoms with E-state index >= 15 is 0 Å². The molecule has 76 valence electrons. The van der Waals surface area contributed by atoms with Crippen molar-refractivity contribution in [3.8, 4) is 0 Å². The van der Waals surface area contributed by atoms with Crippen LogP contribution in [0.5, 0.6) is 0 Å². The molecule has 0 aliphatic heterocycles. The van der Waals surface area contributed by atoms with Crippen molar-refractivity contribution in [2.45, 2.75) is 19.8 Å². The summed E-state index contributed by atoms with van der Waals surface area (Å²) in [6, 6.07) is 5.27. The first-order valence-corrected chi connectivity index (χ1v) is 4.98. The van der Waals surface area contributed by atoms with Gasteiger partial charge in [0, 0.05) is 6.54 Å². The van der Waals surface area contributed by atoms with Gasteiger partial charge in [-0.15, -0.1) is 0 Å². The molecule has 1 aromatic heterocycles. The number of nitrogens with one attached hydrogen (secondary N) is 1. The third-order valence-corrected chi connectivity index (χ3v) is 1.90. The van der Waals surface area contributed by atoms with E-state index in [9.17, 15) is 4.79 Å². The lowest BCUT2D eigenvalue weighted by Gasteiger charge is -2.02. The van der Waals surface area contributed by atoms with Gasteiger partial charge in [-0.1, -0.05) is 24.6 Å². The fraction of sp³-hybridized carbons (Fsp3) is 0.400. The Bertz CT molecular complexity index is 315. The van der Waals surface area contributed by atoms with Crippen molar-refractivity contribution >= 4 is 17.5 Å². The van der Waals surface area contributed by atoms with Gasteiger partial charge in [0.1, 0.15) is 5.15 Å². The predicted molar refractivity (Wildman–Crippen MR) is 56.3 cm³/mol. The molecule has 0 saturated heterocycles. The zero-order chi connectivity index (χ0) is 10.4. The molecule has 0 aromatic carbocycles. The molecule has 3 nitrogen and oxygen atoms in total. The average Bonchev–Trinajstić information content (AvgIpc) is 2.15. The first kappa shape index (κ1) is 11.0. The van der Waals surface area contributed by atoms with Crippen LogP contribution in [0.15, 0.2) is 18.2 Å². The van der Waals surface area contributed by atoms with Crippen LogP contribution in [0.4, 0.5) is 0 Å². The summed E-state index contributed by atoms with van der Waals surface area (Å²) in [5.74, 6) is -0.0124. The number of halogens is 1. The van der Waals surface area contributed by atoms with E-state index in [1.165, 1.54) is 0 Å². The largest absolute Gasteiger partial charge is 0.356 e. The number of pyridine rings is 1. The van der Waals surface area contributed by atoms with Crippen molar-refractivity contribution in [1.29, 1.82) is 0 Å². The minimum absolute atomic E-state index is 0.0124. The van der Waals surface area contributed by atoms with Gasteiger partial charge in [0.15, 0.2) is 0 Å². The van der Waals surface area contributed by atoms with Crippen LogP contribution in [-0.2, 0) is 11.2 Å². The summed E-state index contributed by atoms with van der Waals surface area (Å²) in [5.41, 5.74) is 0.700. The average molecular weight is 213 g/mol. The molecule has 0 aliphatic carbocycles. The van der Waals surface area contributed by atoms with E-state index < -0.39 is 0 Å². The van der Waals surface area contributed by atoms with Crippen LogP contribution >= 0.6 is 11.6 Å². The van der Waals surface area contributed by atoms with E-state index in [-0.39, 0.29) is 5.91 Å². The van der Waals surface area contributed by atoms with Gasteiger partial charge in [0.25, 0.3) is 0 Å². The molecule has 0 unspecified atom stereocenters. The second kappa shape index (κ2) is 5.60. The van der Waals surface area contributed by atoms with E-state index in [4.69, 9.17) is 11.6 Å². The van der Waals surface area contributed by atoms with Crippen molar-refractivity contribution in [3.63, 3.8) is 0 Å². The highest BCUT2D eigenvalue weighted by Gasteiger charge is 2.03. The number of nitrogens with zero attached hydrogens (tertiary/aromatic N) is 1. The molecule has 0 aliphatic rings. The van der Waals surface area contributed by atoms with E-state index in [2.05, 4.69) is 10.3 Å². The van der Waals surface area contributed by atoms with Crippen LogP contribution in [0.2, 0.25) is 5.15 Å². The fourth-order valence-corrected chi connectivity index (χ4v) is 1.22. The Balaban J connectivity index is 2.47. The number of rotatable bonds is 4. The van der Waals surface area contributed by atoms with Gasteiger partial charge < -0.3 is 5.32 Å². The van der Waals surface area contributed by atoms with E-state index in [0.29, 0.717) is 23.8 Å². The topological polar surface area (TPSA) is 42.0 Å². The number of carbonyl (C=O) groups excluding carboxylic acids is 1. The minimum Gasteiger partial charge on any atom is -0.356 e. The number of hydrogen-bond acceptors (Lipinski definition) is 2. The van der Waals surface area contributed by atoms with Crippen molar-refractivity contribution in [2.75, 3.05) is 6.54 Å². The summed E-state index contributed by atoms with van der Waals surface area (Å²) in [5, 5.41) is 3.20. The van der Waals surface area contributed by atoms with Gasteiger partial charge >= 0.3 is 0 Å². The fourth-order valence-electron chi connectivity index (χ4n) is 1.04. The Kier molecular flexibility index (Phi) is 4.40. The number of carbonyl (C=O) groups is 1. The Morgan fingerprint density at radius 1 is 1.57 bits per heavy atom. The minimum atomic E-state index is -0.0124. The first-order valence-electron chi connectivity index (χ1n) is 4.60.